The van der Waals surface area contributed by atoms with Crippen molar-refractivity contribution in [3.8, 4) is 44.5 Å². The SMILES string of the molecule is CCCCCCCCC1(CCCCCCCC)c2ccccc2-c2ccc(N(c3ccc(-c4ccccc4)cc3)c3ccc(-c4ccc5c(c4)-c4cc(Br)ccc4C5)cc3)cc21. The summed E-state index contributed by atoms with van der Waals surface area (Å²) < 4.78 is 1.13. The summed E-state index contributed by atoms with van der Waals surface area (Å²) in [6.07, 6.45) is 19.3. The number of rotatable bonds is 19. The largest absolute Gasteiger partial charge is 0.310 e. The quantitative estimate of drug-likeness (QED) is 0.0732. The zero-order valence-electron chi connectivity index (χ0n) is 36.9. The van der Waals surface area contributed by atoms with E-state index in [9.17, 15) is 0 Å². The molecule has 0 radical (unpaired) electrons. The monoisotopic (exact) mass is 875 g/mol. The van der Waals surface area contributed by atoms with E-state index in [1.165, 1.54) is 168 Å². The van der Waals surface area contributed by atoms with Gasteiger partial charge < -0.3 is 4.90 Å². The number of hydrogen-bond acceptors (Lipinski definition) is 1. The molecule has 0 saturated heterocycles. The second-order valence-electron chi connectivity index (χ2n) is 18.0. The Bertz CT molecular complexity index is 2570. The molecule has 0 unspecified atom stereocenters. The van der Waals surface area contributed by atoms with E-state index in [1.807, 2.05) is 0 Å². The molecule has 0 aromatic heterocycles. The van der Waals surface area contributed by atoms with Crippen molar-refractivity contribution >= 4 is 33.0 Å². The molecule has 0 aliphatic heterocycles. The van der Waals surface area contributed by atoms with E-state index in [1.54, 1.807) is 5.56 Å². The molecule has 0 bridgehead atoms. The van der Waals surface area contributed by atoms with Crippen molar-refractivity contribution in [2.24, 2.45) is 0 Å². The van der Waals surface area contributed by atoms with Gasteiger partial charge >= 0.3 is 0 Å². The standard InChI is InChI=1S/C60H62BrN/c1-3-5-7-9-11-18-38-60(39-19-12-10-8-6-4-2)58-23-17-16-22-54(58)55-37-36-53(43-59(55)60)62(51-32-27-45(28-33-51)44-20-14-13-15-21-44)52-34-29-46(30-35-52)47-24-25-48-40-49-26-31-50(61)42-57(49)56(48)41-47/h13-17,20-37,41-43H,3-12,18-19,38-40H2,1-2H3. The first-order chi connectivity index (χ1) is 30.6. The molecule has 62 heavy (non-hydrogen) atoms. The van der Waals surface area contributed by atoms with Crippen molar-refractivity contribution in [2.45, 2.75) is 116 Å². The van der Waals surface area contributed by atoms with Gasteiger partial charge in [-0.25, -0.2) is 0 Å². The Morgan fingerprint density at radius 3 is 1.56 bits per heavy atom. The van der Waals surface area contributed by atoms with Gasteiger partial charge in [0, 0.05) is 26.9 Å². The van der Waals surface area contributed by atoms with Crippen LogP contribution in [-0.2, 0) is 11.8 Å². The normalized spacial score (nSPS) is 13.1. The second kappa shape index (κ2) is 19.5. The third kappa shape index (κ3) is 8.74. The first-order valence-corrected chi connectivity index (χ1v) is 24.6. The number of benzene rings is 7. The Balaban J connectivity index is 1.10. The van der Waals surface area contributed by atoms with Gasteiger partial charge in [0.05, 0.1) is 0 Å². The number of unbranched alkanes of at least 4 members (excludes halogenated alkanes) is 10. The second-order valence-corrected chi connectivity index (χ2v) is 19.0. The predicted octanol–water partition coefficient (Wildman–Crippen LogP) is 18.6. The van der Waals surface area contributed by atoms with Crippen molar-refractivity contribution < 1.29 is 0 Å². The summed E-state index contributed by atoms with van der Waals surface area (Å²) >= 11 is 3.72. The minimum atomic E-state index is 0.0198. The molecule has 0 atom stereocenters. The summed E-state index contributed by atoms with van der Waals surface area (Å²) in [5.41, 5.74) is 20.0. The Morgan fingerprint density at radius 2 is 0.903 bits per heavy atom. The van der Waals surface area contributed by atoms with Gasteiger partial charge in [0.2, 0.25) is 0 Å². The molecular weight excluding hydrogens is 815 g/mol. The minimum Gasteiger partial charge on any atom is -0.310 e. The third-order valence-electron chi connectivity index (χ3n) is 14.0. The average molecular weight is 877 g/mol. The van der Waals surface area contributed by atoms with Crippen LogP contribution in [-0.4, -0.2) is 0 Å². The van der Waals surface area contributed by atoms with Crippen LogP contribution in [0.15, 0.2) is 162 Å². The zero-order chi connectivity index (χ0) is 42.3. The summed E-state index contributed by atoms with van der Waals surface area (Å²) in [6, 6.07) is 59.9. The van der Waals surface area contributed by atoms with Crippen molar-refractivity contribution in [2.75, 3.05) is 4.90 Å². The number of halogens is 1. The smallest absolute Gasteiger partial charge is 0.0465 e. The van der Waals surface area contributed by atoms with Gasteiger partial charge in [-0.15, -0.1) is 0 Å². The highest BCUT2D eigenvalue weighted by molar-refractivity contribution is 9.10. The van der Waals surface area contributed by atoms with Crippen LogP contribution in [0.5, 0.6) is 0 Å². The first-order valence-electron chi connectivity index (χ1n) is 23.8. The van der Waals surface area contributed by atoms with E-state index in [0.29, 0.717) is 0 Å². The van der Waals surface area contributed by atoms with Crippen LogP contribution in [0.2, 0.25) is 0 Å². The number of fused-ring (bicyclic) bond motifs is 6. The maximum atomic E-state index is 3.72. The average Bonchev–Trinajstić information content (AvgIpc) is 3.81. The van der Waals surface area contributed by atoms with Gasteiger partial charge in [0.15, 0.2) is 0 Å². The lowest BCUT2D eigenvalue weighted by Crippen LogP contribution is -2.26. The summed E-state index contributed by atoms with van der Waals surface area (Å²) in [4.78, 5) is 2.50. The van der Waals surface area contributed by atoms with Crippen molar-refractivity contribution in [3.05, 3.63) is 184 Å². The molecule has 7 aromatic carbocycles. The van der Waals surface area contributed by atoms with E-state index in [4.69, 9.17) is 0 Å². The topological polar surface area (TPSA) is 3.24 Å². The molecule has 0 heterocycles. The number of nitrogens with zero attached hydrogens (tertiary/aromatic N) is 1. The van der Waals surface area contributed by atoms with Crippen LogP contribution < -0.4 is 4.90 Å². The molecule has 0 fully saturated rings. The highest BCUT2D eigenvalue weighted by Crippen LogP contribution is 2.56. The van der Waals surface area contributed by atoms with Gasteiger partial charge in [-0.2, -0.15) is 0 Å². The molecule has 7 aromatic rings. The van der Waals surface area contributed by atoms with Gasteiger partial charge in [0.1, 0.15) is 0 Å². The van der Waals surface area contributed by atoms with E-state index < -0.39 is 0 Å². The van der Waals surface area contributed by atoms with Crippen LogP contribution in [0, 0.1) is 0 Å². The van der Waals surface area contributed by atoms with Crippen molar-refractivity contribution in [1.29, 1.82) is 0 Å². The van der Waals surface area contributed by atoms with Crippen LogP contribution in [0.4, 0.5) is 17.1 Å². The molecule has 0 N–H and O–H groups in total. The van der Waals surface area contributed by atoms with Gasteiger partial charge in [-0.3, -0.25) is 0 Å². The lowest BCUT2D eigenvalue weighted by Gasteiger charge is -2.34. The summed E-state index contributed by atoms with van der Waals surface area (Å²) in [7, 11) is 0. The molecule has 2 heteroatoms. The fraction of sp³-hybridized carbons (Fsp3) is 0.300. The van der Waals surface area contributed by atoms with Gasteiger partial charge in [0.25, 0.3) is 0 Å². The summed E-state index contributed by atoms with van der Waals surface area (Å²) in [6.45, 7) is 4.64. The van der Waals surface area contributed by atoms with Crippen molar-refractivity contribution in [1.82, 2.24) is 0 Å². The molecule has 314 valence electrons. The molecule has 0 amide bonds. The molecule has 2 aliphatic carbocycles. The number of hydrogen-bond donors (Lipinski definition) is 0. The highest BCUT2D eigenvalue weighted by atomic mass is 79.9. The Hall–Kier alpha value is -5.18. The van der Waals surface area contributed by atoms with Gasteiger partial charge in [-0.05, 0) is 141 Å². The molecule has 0 spiro atoms. The Morgan fingerprint density at radius 1 is 0.403 bits per heavy atom. The maximum absolute atomic E-state index is 3.72. The maximum Gasteiger partial charge on any atom is 0.0465 e. The van der Waals surface area contributed by atoms with Crippen LogP contribution in [0.3, 0.4) is 0 Å². The van der Waals surface area contributed by atoms with E-state index >= 15 is 0 Å². The van der Waals surface area contributed by atoms with Crippen molar-refractivity contribution in [3.63, 3.8) is 0 Å². The molecule has 1 nitrogen and oxygen atoms in total. The molecule has 0 saturated carbocycles. The summed E-state index contributed by atoms with van der Waals surface area (Å²) in [5, 5.41) is 0. The van der Waals surface area contributed by atoms with E-state index in [0.717, 1.165) is 10.9 Å². The first kappa shape index (κ1) is 42.1. The molecule has 2 aliphatic rings. The highest BCUT2D eigenvalue weighted by Gasteiger charge is 2.42. The number of anilines is 3. The Labute approximate surface area is 380 Å². The molecular formula is C60H62BrN. The Kier molecular flexibility index (Phi) is 13.2. The lowest BCUT2D eigenvalue weighted by molar-refractivity contribution is 0.398. The van der Waals surface area contributed by atoms with Gasteiger partial charge in [-0.1, -0.05) is 210 Å². The van der Waals surface area contributed by atoms with Crippen LogP contribution in [0.25, 0.3) is 44.5 Å². The lowest BCUT2D eigenvalue weighted by atomic mass is 9.70. The van der Waals surface area contributed by atoms with Crippen LogP contribution in [0.1, 0.15) is 126 Å². The minimum absolute atomic E-state index is 0.0198. The van der Waals surface area contributed by atoms with E-state index in [2.05, 4.69) is 192 Å². The molecule has 9 rings (SSSR count). The van der Waals surface area contributed by atoms with E-state index in [-0.39, 0.29) is 5.41 Å². The fourth-order valence-electron chi connectivity index (χ4n) is 10.7. The summed E-state index contributed by atoms with van der Waals surface area (Å²) in [5.74, 6) is 0. The zero-order valence-corrected chi connectivity index (χ0v) is 38.5. The van der Waals surface area contributed by atoms with Crippen LogP contribution >= 0.6 is 15.9 Å². The third-order valence-corrected chi connectivity index (χ3v) is 14.5. The predicted molar refractivity (Wildman–Crippen MR) is 270 cm³/mol. The fourth-order valence-corrected chi connectivity index (χ4v) is 11.0.